The molecule has 20 heavy (non-hydrogen) atoms. The van der Waals surface area contributed by atoms with Crippen molar-refractivity contribution in [3.63, 3.8) is 0 Å². The van der Waals surface area contributed by atoms with E-state index in [1.165, 1.54) is 44.6 Å². The highest BCUT2D eigenvalue weighted by molar-refractivity contribution is 5.28. The molecule has 1 fully saturated rings. The van der Waals surface area contributed by atoms with Gasteiger partial charge < -0.3 is 10.1 Å². The van der Waals surface area contributed by atoms with E-state index in [9.17, 15) is 4.39 Å². The zero-order chi connectivity index (χ0) is 14.4. The van der Waals surface area contributed by atoms with Crippen LogP contribution < -0.4 is 10.1 Å². The molecule has 112 valence electrons. The van der Waals surface area contributed by atoms with E-state index in [1.807, 2.05) is 12.1 Å². The number of hydrogen-bond acceptors (Lipinski definition) is 2. The van der Waals surface area contributed by atoms with Crippen molar-refractivity contribution in [2.75, 3.05) is 7.11 Å². The van der Waals surface area contributed by atoms with Crippen molar-refractivity contribution in [3.05, 3.63) is 29.6 Å². The van der Waals surface area contributed by atoms with E-state index < -0.39 is 0 Å². The van der Waals surface area contributed by atoms with Gasteiger partial charge in [-0.15, -0.1) is 0 Å². The van der Waals surface area contributed by atoms with Gasteiger partial charge in [0, 0.05) is 24.2 Å². The summed E-state index contributed by atoms with van der Waals surface area (Å²) in [6, 6.07) is 5.63. The minimum absolute atomic E-state index is 0.184. The standard InChI is InChI=1S/C17H26FNO/c1-3-4-13-5-8-15(9-6-13)19-12-14-7-10-16(20-2)11-17(14)18/h7,10-11,13,15,19H,3-6,8-9,12H2,1-2H3. The highest BCUT2D eigenvalue weighted by Crippen LogP contribution is 2.28. The summed E-state index contributed by atoms with van der Waals surface area (Å²) in [6.07, 6.45) is 7.73. The van der Waals surface area contributed by atoms with Crippen LogP contribution in [0.3, 0.4) is 0 Å². The maximum Gasteiger partial charge on any atom is 0.131 e. The van der Waals surface area contributed by atoms with Gasteiger partial charge in [-0.05, 0) is 37.7 Å². The molecule has 0 aliphatic heterocycles. The smallest absolute Gasteiger partial charge is 0.131 e. The summed E-state index contributed by atoms with van der Waals surface area (Å²) in [5, 5.41) is 3.50. The second-order valence-electron chi connectivity index (χ2n) is 5.84. The third kappa shape index (κ3) is 4.20. The topological polar surface area (TPSA) is 21.3 Å². The Labute approximate surface area is 121 Å². The van der Waals surface area contributed by atoms with E-state index in [2.05, 4.69) is 12.2 Å². The zero-order valence-corrected chi connectivity index (χ0v) is 12.6. The van der Waals surface area contributed by atoms with Crippen LogP contribution in [0.15, 0.2) is 18.2 Å². The van der Waals surface area contributed by atoms with E-state index in [0.717, 1.165) is 11.5 Å². The third-order valence-electron chi connectivity index (χ3n) is 4.39. The fourth-order valence-corrected chi connectivity index (χ4v) is 3.12. The fraction of sp³-hybridized carbons (Fsp3) is 0.647. The molecule has 1 aromatic rings. The van der Waals surface area contributed by atoms with Crippen molar-refractivity contribution in [1.29, 1.82) is 0 Å². The number of rotatable bonds is 6. The minimum atomic E-state index is -0.184. The molecule has 3 heteroatoms. The van der Waals surface area contributed by atoms with Crippen LogP contribution >= 0.6 is 0 Å². The predicted octanol–water partition coefficient (Wildman–Crippen LogP) is 4.28. The lowest BCUT2D eigenvalue weighted by Crippen LogP contribution is -2.33. The van der Waals surface area contributed by atoms with Crippen LogP contribution in [0, 0.1) is 11.7 Å². The number of methoxy groups -OCH3 is 1. The summed E-state index contributed by atoms with van der Waals surface area (Å²) in [4.78, 5) is 0. The summed E-state index contributed by atoms with van der Waals surface area (Å²) in [5.74, 6) is 1.30. The van der Waals surface area contributed by atoms with Crippen LogP contribution in [0.5, 0.6) is 5.75 Å². The maximum absolute atomic E-state index is 13.8. The van der Waals surface area contributed by atoms with Crippen LogP contribution in [0.4, 0.5) is 4.39 Å². The van der Waals surface area contributed by atoms with Crippen LogP contribution in [-0.4, -0.2) is 13.2 Å². The Morgan fingerprint density at radius 2 is 2.00 bits per heavy atom. The third-order valence-corrected chi connectivity index (χ3v) is 4.39. The van der Waals surface area contributed by atoms with Gasteiger partial charge in [-0.3, -0.25) is 0 Å². The van der Waals surface area contributed by atoms with E-state index >= 15 is 0 Å². The lowest BCUT2D eigenvalue weighted by molar-refractivity contribution is 0.277. The lowest BCUT2D eigenvalue weighted by Gasteiger charge is -2.29. The molecule has 0 heterocycles. The largest absolute Gasteiger partial charge is 0.497 e. The van der Waals surface area contributed by atoms with Crippen LogP contribution in [0.1, 0.15) is 51.0 Å². The number of ether oxygens (including phenoxy) is 1. The molecule has 1 aliphatic rings. The molecular weight excluding hydrogens is 253 g/mol. The molecule has 1 N–H and O–H groups in total. The molecule has 0 aromatic heterocycles. The number of benzene rings is 1. The summed E-state index contributed by atoms with van der Waals surface area (Å²) in [6.45, 7) is 2.87. The van der Waals surface area contributed by atoms with Crippen molar-refractivity contribution in [3.8, 4) is 5.75 Å². The van der Waals surface area contributed by atoms with E-state index in [0.29, 0.717) is 18.3 Å². The molecule has 2 nitrogen and oxygen atoms in total. The molecule has 0 atom stereocenters. The van der Waals surface area contributed by atoms with Crippen molar-refractivity contribution >= 4 is 0 Å². The zero-order valence-electron chi connectivity index (χ0n) is 12.6. The Hall–Kier alpha value is -1.09. The lowest BCUT2D eigenvalue weighted by atomic mass is 9.83. The molecule has 2 rings (SSSR count). The highest BCUT2D eigenvalue weighted by atomic mass is 19.1. The van der Waals surface area contributed by atoms with Gasteiger partial charge in [-0.2, -0.15) is 0 Å². The molecule has 0 radical (unpaired) electrons. The number of halogens is 1. The Balaban J connectivity index is 1.78. The SMILES string of the molecule is CCCC1CCC(NCc2ccc(OC)cc2F)CC1. The Morgan fingerprint density at radius 1 is 1.25 bits per heavy atom. The van der Waals surface area contributed by atoms with Crippen LogP contribution in [0.25, 0.3) is 0 Å². The Bertz CT molecular complexity index is 413. The first-order valence-corrected chi connectivity index (χ1v) is 7.78. The van der Waals surface area contributed by atoms with Gasteiger partial charge in [0.2, 0.25) is 0 Å². The number of hydrogen-bond donors (Lipinski definition) is 1. The monoisotopic (exact) mass is 279 g/mol. The molecule has 0 bridgehead atoms. The average Bonchev–Trinajstić information content (AvgIpc) is 2.48. The fourth-order valence-electron chi connectivity index (χ4n) is 3.12. The van der Waals surface area contributed by atoms with Gasteiger partial charge in [0.05, 0.1) is 7.11 Å². The summed E-state index contributed by atoms with van der Waals surface area (Å²) < 4.78 is 18.9. The van der Waals surface area contributed by atoms with E-state index in [4.69, 9.17) is 4.74 Å². The quantitative estimate of drug-likeness (QED) is 0.839. The Morgan fingerprint density at radius 3 is 2.60 bits per heavy atom. The van der Waals surface area contributed by atoms with Gasteiger partial charge in [-0.1, -0.05) is 25.8 Å². The first kappa shape index (κ1) is 15.3. The molecule has 1 aromatic carbocycles. The summed E-state index contributed by atoms with van der Waals surface area (Å²) in [5.41, 5.74) is 0.724. The van der Waals surface area contributed by atoms with Crippen molar-refractivity contribution in [2.24, 2.45) is 5.92 Å². The molecule has 1 aliphatic carbocycles. The van der Waals surface area contributed by atoms with Gasteiger partial charge in [-0.25, -0.2) is 4.39 Å². The second kappa shape index (κ2) is 7.63. The molecule has 0 unspecified atom stereocenters. The molecule has 0 saturated heterocycles. The van der Waals surface area contributed by atoms with Gasteiger partial charge in [0.1, 0.15) is 11.6 Å². The van der Waals surface area contributed by atoms with Crippen molar-refractivity contribution in [1.82, 2.24) is 5.32 Å². The van der Waals surface area contributed by atoms with Crippen molar-refractivity contribution in [2.45, 2.75) is 58.0 Å². The average molecular weight is 279 g/mol. The summed E-state index contributed by atoms with van der Waals surface area (Å²) in [7, 11) is 1.56. The van der Waals surface area contributed by atoms with Gasteiger partial charge in [0.15, 0.2) is 0 Å². The second-order valence-corrected chi connectivity index (χ2v) is 5.84. The molecule has 1 saturated carbocycles. The normalized spacial score (nSPS) is 22.8. The highest BCUT2D eigenvalue weighted by Gasteiger charge is 2.20. The first-order valence-electron chi connectivity index (χ1n) is 7.78. The molecule has 0 amide bonds. The van der Waals surface area contributed by atoms with Gasteiger partial charge in [0.25, 0.3) is 0 Å². The summed E-state index contributed by atoms with van der Waals surface area (Å²) >= 11 is 0. The van der Waals surface area contributed by atoms with E-state index in [1.54, 1.807) is 7.11 Å². The molecule has 0 spiro atoms. The maximum atomic E-state index is 13.8. The predicted molar refractivity (Wildman–Crippen MR) is 80.4 cm³/mol. The van der Waals surface area contributed by atoms with Crippen LogP contribution in [-0.2, 0) is 6.54 Å². The van der Waals surface area contributed by atoms with Crippen molar-refractivity contribution < 1.29 is 9.13 Å². The minimum Gasteiger partial charge on any atom is -0.497 e. The van der Waals surface area contributed by atoms with E-state index in [-0.39, 0.29) is 5.82 Å². The first-order chi connectivity index (χ1) is 9.72. The molecular formula is C17H26FNO. The Kier molecular flexibility index (Phi) is 5.84. The van der Waals surface area contributed by atoms with Gasteiger partial charge >= 0.3 is 0 Å². The van der Waals surface area contributed by atoms with Crippen LogP contribution in [0.2, 0.25) is 0 Å². The number of nitrogens with one attached hydrogen (secondary N) is 1.